The van der Waals surface area contributed by atoms with Gasteiger partial charge in [-0.15, -0.1) is 0 Å². The van der Waals surface area contributed by atoms with Gasteiger partial charge in [0.05, 0.1) is 10.8 Å². The number of amides is 1. The van der Waals surface area contributed by atoms with Crippen molar-refractivity contribution in [1.29, 1.82) is 0 Å². The van der Waals surface area contributed by atoms with Gasteiger partial charge in [-0.1, -0.05) is 43.8 Å². The Hall–Kier alpha value is -1.83. The lowest BCUT2D eigenvalue weighted by molar-refractivity contribution is -0.145. The minimum atomic E-state index is -4.64. The molecule has 1 aromatic carbocycles. The number of nitrogens with zero attached hydrogens (tertiary/aromatic N) is 2. The summed E-state index contributed by atoms with van der Waals surface area (Å²) >= 11 is 1.000. The van der Waals surface area contributed by atoms with E-state index in [0.29, 0.717) is 17.8 Å². The largest absolute Gasteiger partial charge is 0.451 e. The third-order valence-electron chi connectivity index (χ3n) is 3.16. The highest BCUT2D eigenvalue weighted by atomic mass is 32.2. The lowest BCUT2D eigenvalue weighted by atomic mass is 10.2. The molecule has 0 fully saturated rings. The summed E-state index contributed by atoms with van der Waals surface area (Å²) in [5, 5.41) is 2.86. The topological polar surface area (TPSA) is 54.9 Å². The predicted molar refractivity (Wildman–Crippen MR) is 87.7 cm³/mol. The first-order valence-electron chi connectivity index (χ1n) is 7.47. The molecule has 0 spiro atoms. The molecule has 8 heteroatoms. The molecule has 1 atom stereocenters. The molecule has 2 rings (SSSR count). The molecule has 1 heterocycles. The Bertz CT molecular complexity index is 734. The van der Waals surface area contributed by atoms with E-state index in [1.165, 1.54) is 6.07 Å². The molecule has 4 nitrogen and oxygen atoms in total. The Kier molecular flexibility index (Phi) is 5.69. The van der Waals surface area contributed by atoms with Crippen molar-refractivity contribution in [3.63, 3.8) is 0 Å². The number of carbonyl (C=O) groups is 1. The molecule has 0 aliphatic rings. The van der Waals surface area contributed by atoms with Gasteiger partial charge >= 0.3 is 6.18 Å². The Morgan fingerprint density at radius 3 is 2.50 bits per heavy atom. The van der Waals surface area contributed by atoms with Gasteiger partial charge in [-0.2, -0.15) is 13.2 Å². The number of thioether (sulfide) groups is 1. The van der Waals surface area contributed by atoms with Crippen LogP contribution in [0.15, 0.2) is 29.3 Å². The van der Waals surface area contributed by atoms with E-state index in [-0.39, 0.29) is 16.4 Å². The number of hydrogen-bond donors (Lipinski definition) is 1. The molecule has 130 valence electrons. The third-order valence-corrected chi connectivity index (χ3v) is 4.27. The lowest BCUT2D eigenvalue weighted by Gasteiger charge is -2.15. The number of fused-ring (bicyclic) bond motifs is 1. The van der Waals surface area contributed by atoms with Gasteiger partial charge in [-0.05, 0) is 18.9 Å². The number of para-hydroxylation sites is 1. The molecule has 1 aromatic heterocycles. The zero-order valence-electron chi connectivity index (χ0n) is 13.5. The second kappa shape index (κ2) is 7.38. The van der Waals surface area contributed by atoms with Crippen LogP contribution in [0.2, 0.25) is 0 Å². The van der Waals surface area contributed by atoms with E-state index in [1.807, 2.05) is 13.8 Å². The Labute approximate surface area is 142 Å². The van der Waals surface area contributed by atoms with E-state index in [0.717, 1.165) is 11.8 Å². The van der Waals surface area contributed by atoms with E-state index in [1.54, 1.807) is 25.1 Å². The van der Waals surface area contributed by atoms with Crippen LogP contribution in [0.4, 0.5) is 13.2 Å². The average Bonchev–Trinajstić information content (AvgIpc) is 2.51. The van der Waals surface area contributed by atoms with Gasteiger partial charge in [0.15, 0.2) is 0 Å². The maximum atomic E-state index is 13.0. The highest BCUT2D eigenvalue weighted by Crippen LogP contribution is 2.33. The highest BCUT2D eigenvalue weighted by molar-refractivity contribution is 8.00. The summed E-state index contributed by atoms with van der Waals surface area (Å²) in [6.07, 6.45) is -4.64. The van der Waals surface area contributed by atoms with Gasteiger partial charge < -0.3 is 5.32 Å². The minimum Gasteiger partial charge on any atom is -0.355 e. The molecular formula is C16H18F3N3OS. The fourth-order valence-corrected chi connectivity index (χ4v) is 2.90. The molecule has 0 unspecified atom stereocenters. The van der Waals surface area contributed by atoms with E-state index in [2.05, 4.69) is 15.3 Å². The fourth-order valence-electron chi connectivity index (χ4n) is 1.93. The van der Waals surface area contributed by atoms with Gasteiger partial charge in [0.2, 0.25) is 11.7 Å². The molecule has 0 saturated carbocycles. The number of hydrogen-bond acceptors (Lipinski definition) is 4. The predicted octanol–water partition coefficient (Wildman–Crippen LogP) is 3.90. The van der Waals surface area contributed by atoms with Crippen LogP contribution < -0.4 is 5.32 Å². The van der Waals surface area contributed by atoms with Crippen molar-refractivity contribution in [1.82, 2.24) is 15.3 Å². The van der Waals surface area contributed by atoms with Crippen LogP contribution in [-0.2, 0) is 11.0 Å². The van der Waals surface area contributed by atoms with E-state index >= 15 is 0 Å². The normalized spacial score (nSPS) is 13.3. The maximum Gasteiger partial charge on any atom is 0.451 e. The number of benzene rings is 1. The Morgan fingerprint density at radius 1 is 1.21 bits per heavy atom. The lowest BCUT2D eigenvalue weighted by Crippen LogP contribution is -2.33. The van der Waals surface area contributed by atoms with Crippen molar-refractivity contribution in [3.05, 3.63) is 30.1 Å². The van der Waals surface area contributed by atoms with Crippen molar-refractivity contribution in [2.24, 2.45) is 5.92 Å². The molecule has 1 N–H and O–H groups in total. The number of carbonyl (C=O) groups excluding carboxylic acids is 1. The van der Waals surface area contributed by atoms with Gasteiger partial charge in [-0.25, -0.2) is 9.97 Å². The molecule has 1 amide bonds. The Morgan fingerprint density at radius 2 is 1.88 bits per heavy atom. The average molecular weight is 357 g/mol. The number of rotatable bonds is 5. The number of halogens is 3. The standard InChI is InChI=1S/C16H18F3N3OS/c1-9(2)8-20-13(23)10(3)24-14-11-6-4-5-7-12(11)21-15(22-14)16(17,18)19/h4-7,9-10H,8H2,1-3H3,(H,20,23)/t10-/m0/s1. The first kappa shape index (κ1) is 18.5. The summed E-state index contributed by atoms with van der Waals surface area (Å²) in [6, 6.07) is 6.46. The molecule has 0 aliphatic heterocycles. The van der Waals surface area contributed by atoms with Crippen molar-refractivity contribution < 1.29 is 18.0 Å². The van der Waals surface area contributed by atoms with Crippen LogP contribution in [0.3, 0.4) is 0 Å². The minimum absolute atomic E-state index is 0.153. The zero-order chi connectivity index (χ0) is 17.9. The van der Waals surface area contributed by atoms with Crippen LogP contribution in [0.5, 0.6) is 0 Å². The summed E-state index contributed by atoms with van der Waals surface area (Å²) in [5.74, 6) is -1.13. The van der Waals surface area contributed by atoms with E-state index in [4.69, 9.17) is 0 Å². The second-order valence-electron chi connectivity index (χ2n) is 5.77. The fraction of sp³-hybridized carbons (Fsp3) is 0.438. The molecular weight excluding hydrogens is 339 g/mol. The quantitative estimate of drug-likeness (QED) is 0.651. The van der Waals surface area contributed by atoms with Gasteiger partial charge in [0.1, 0.15) is 5.03 Å². The molecule has 0 bridgehead atoms. The van der Waals surface area contributed by atoms with Crippen molar-refractivity contribution in [2.75, 3.05) is 6.54 Å². The SMILES string of the molecule is CC(C)CNC(=O)[C@H](C)Sc1nc(C(F)(F)F)nc2ccccc12. The summed E-state index contributed by atoms with van der Waals surface area (Å²) in [7, 11) is 0. The summed E-state index contributed by atoms with van der Waals surface area (Å²) in [4.78, 5) is 19.3. The van der Waals surface area contributed by atoms with Crippen LogP contribution in [0.25, 0.3) is 10.9 Å². The van der Waals surface area contributed by atoms with Crippen molar-refractivity contribution >= 4 is 28.6 Å². The molecule has 0 radical (unpaired) electrons. The first-order chi connectivity index (χ1) is 11.2. The summed E-state index contributed by atoms with van der Waals surface area (Å²) in [6.45, 7) is 6.09. The smallest absolute Gasteiger partial charge is 0.355 e. The summed E-state index contributed by atoms with van der Waals surface area (Å²) in [5.41, 5.74) is 0.206. The molecule has 0 saturated heterocycles. The summed E-state index contributed by atoms with van der Waals surface area (Å²) < 4.78 is 39.0. The number of alkyl halides is 3. The van der Waals surface area contributed by atoms with Gasteiger partial charge in [0, 0.05) is 11.9 Å². The van der Waals surface area contributed by atoms with Crippen molar-refractivity contribution in [3.8, 4) is 0 Å². The molecule has 24 heavy (non-hydrogen) atoms. The third kappa shape index (κ3) is 4.59. The number of nitrogens with one attached hydrogen (secondary N) is 1. The highest BCUT2D eigenvalue weighted by Gasteiger charge is 2.35. The van der Waals surface area contributed by atoms with Crippen LogP contribution in [0.1, 0.15) is 26.6 Å². The molecule has 0 aliphatic carbocycles. The molecule has 2 aromatic rings. The van der Waals surface area contributed by atoms with Crippen LogP contribution >= 0.6 is 11.8 Å². The second-order valence-corrected chi connectivity index (χ2v) is 7.10. The van der Waals surface area contributed by atoms with Gasteiger partial charge in [0.25, 0.3) is 0 Å². The number of aromatic nitrogens is 2. The monoisotopic (exact) mass is 357 g/mol. The van der Waals surface area contributed by atoms with Crippen LogP contribution in [-0.4, -0.2) is 27.7 Å². The zero-order valence-corrected chi connectivity index (χ0v) is 14.3. The van der Waals surface area contributed by atoms with E-state index in [9.17, 15) is 18.0 Å². The Balaban J connectivity index is 2.31. The van der Waals surface area contributed by atoms with Gasteiger partial charge in [-0.3, -0.25) is 4.79 Å². The van der Waals surface area contributed by atoms with Crippen molar-refractivity contribution in [2.45, 2.75) is 37.2 Å². The van der Waals surface area contributed by atoms with E-state index < -0.39 is 17.3 Å². The van der Waals surface area contributed by atoms with Crippen LogP contribution in [0, 0.1) is 5.92 Å². The first-order valence-corrected chi connectivity index (χ1v) is 8.34. The maximum absolute atomic E-state index is 13.0.